The number of carboxylic acid groups (broad SMARTS) is 1. The molecule has 0 saturated carbocycles. The summed E-state index contributed by atoms with van der Waals surface area (Å²) >= 11 is 1.58. The van der Waals surface area contributed by atoms with Gasteiger partial charge in [0.1, 0.15) is 0 Å². The molecule has 92 valence electrons. The summed E-state index contributed by atoms with van der Waals surface area (Å²) in [6.45, 7) is 1.71. The van der Waals surface area contributed by atoms with E-state index in [4.69, 9.17) is 5.11 Å². The summed E-state index contributed by atoms with van der Waals surface area (Å²) in [6.07, 6.45) is 2.30. The van der Waals surface area contributed by atoms with E-state index in [1.807, 2.05) is 6.26 Å². The number of hydrogen-bond donors (Lipinski definition) is 2. The van der Waals surface area contributed by atoms with Crippen LogP contribution >= 0.6 is 11.8 Å². The molecule has 2 N–H and O–H groups in total. The van der Waals surface area contributed by atoms with Gasteiger partial charge in [0.15, 0.2) is 0 Å². The molecule has 4 nitrogen and oxygen atoms in total. The highest BCUT2D eigenvalue weighted by Gasteiger charge is 2.14. The van der Waals surface area contributed by atoms with E-state index in [1.54, 1.807) is 36.9 Å². The average Bonchev–Trinajstić information content (AvgIpc) is 2.25. The number of carboxylic acids is 1. The van der Waals surface area contributed by atoms with Gasteiger partial charge >= 0.3 is 5.97 Å². The van der Waals surface area contributed by atoms with E-state index in [9.17, 15) is 9.59 Å². The third-order valence-electron chi connectivity index (χ3n) is 2.29. The van der Waals surface area contributed by atoms with Crippen LogP contribution in [0.2, 0.25) is 0 Å². The van der Waals surface area contributed by atoms with Crippen LogP contribution in [-0.2, 0) is 4.79 Å². The zero-order valence-corrected chi connectivity index (χ0v) is 10.6. The topological polar surface area (TPSA) is 66.4 Å². The molecule has 0 fully saturated rings. The van der Waals surface area contributed by atoms with Gasteiger partial charge in [-0.3, -0.25) is 4.79 Å². The maximum atomic E-state index is 11.5. The molecule has 0 atom stereocenters. The Morgan fingerprint density at radius 3 is 2.71 bits per heavy atom. The second-order valence-corrected chi connectivity index (χ2v) is 4.58. The van der Waals surface area contributed by atoms with Crippen molar-refractivity contribution >= 4 is 29.3 Å². The predicted molar refractivity (Wildman–Crippen MR) is 69.8 cm³/mol. The number of rotatable bonds is 5. The summed E-state index contributed by atoms with van der Waals surface area (Å²) in [4.78, 5) is 22.6. The van der Waals surface area contributed by atoms with Crippen molar-refractivity contribution in [1.29, 1.82) is 0 Å². The molecule has 0 unspecified atom stereocenters. The Hall–Kier alpha value is -1.49. The van der Waals surface area contributed by atoms with Crippen LogP contribution in [0, 0.1) is 6.92 Å². The van der Waals surface area contributed by atoms with Crippen molar-refractivity contribution in [2.75, 3.05) is 17.3 Å². The number of aryl methyl sites for hydroxylation is 1. The fourth-order valence-corrected chi connectivity index (χ4v) is 1.85. The monoisotopic (exact) mass is 253 g/mol. The quantitative estimate of drug-likeness (QED) is 0.845. The molecule has 0 spiro atoms. The number of aromatic carboxylic acids is 1. The van der Waals surface area contributed by atoms with Crippen LogP contribution < -0.4 is 5.32 Å². The first-order chi connectivity index (χ1) is 8.06. The molecule has 0 radical (unpaired) electrons. The van der Waals surface area contributed by atoms with Crippen LogP contribution in [0.5, 0.6) is 0 Å². The molecule has 1 aromatic carbocycles. The van der Waals surface area contributed by atoms with Crippen molar-refractivity contribution in [3.8, 4) is 0 Å². The first-order valence-corrected chi connectivity index (χ1v) is 6.57. The molecule has 0 aliphatic rings. The van der Waals surface area contributed by atoms with Gasteiger partial charge < -0.3 is 10.4 Å². The molecular weight excluding hydrogens is 238 g/mol. The van der Waals surface area contributed by atoms with Gasteiger partial charge in [-0.25, -0.2) is 4.79 Å². The number of amides is 1. The highest BCUT2D eigenvalue weighted by Crippen LogP contribution is 2.19. The van der Waals surface area contributed by atoms with Gasteiger partial charge in [-0.15, -0.1) is 0 Å². The third-order valence-corrected chi connectivity index (χ3v) is 2.91. The standard InChI is InChI=1S/C12H15NO3S/c1-8-4-3-5-9(11(8)12(15)16)13-10(14)6-7-17-2/h3-5H,6-7H2,1-2H3,(H,13,14)(H,15,16). The highest BCUT2D eigenvalue weighted by atomic mass is 32.2. The van der Waals surface area contributed by atoms with Gasteiger partial charge in [0.2, 0.25) is 5.91 Å². The second-order valence-electron chi connectivity index (χ2n) is 3.59. The Labute approximate surface area is 104 Å². The molecule has 0 bridgehead atoms. The largest absolute Gasteiger partial charge is 0.478 e. The van der Waals surface area contributed by atoms with E-state index in [0.29, 0.717) is 17.7 Å². The molecule has 5 heteroatoms. The van der Waals surface area contributed by atoms with Gasteiger partial charge in [-0.05, 0) is 24.8 Å². The molecule has 0 aliphatic carbocycles. The number of anilines is 1. The lowest BCUT2D eigenvalue weighted by molar-refractivity contribution is -0.115. The Kier molecular flexibility index (Phi) is 5.03. The highest BCUT2D eigenvalue weighted by molar-refractivity contribution is 7.98. The summed E-state index contributed by atoms with van der Waals surface area (Å²) in [6, 6.07) is 5.04. The molecule has 0 saturated heterocycles. The number of benzene rings is 1. The fourth-order valence-electron chi connectivity index (χ4n) is 1.46. The maximum absolute atomic E-state index is 11.5. The van der Waals surface area contributed by atoms with Crippen LogP contribution in [-0.4, -0.2) is 29.0 Å². The Morgan fingerprint density at radius 2 is 2.12 bits per heavy atom. The van der Waals surface area contributed by atoms with E-state index in [0.717, 1.165) is 5.75 Å². The summed E-state index contributed by atoms with van der Waals surface area (Å²) < 4.78 is 0. The van der Waals surface area contributed by atoms with Gasteiger partial charge in [0.05, 0.1) is 11.3 Å². The minimum Gasteiger partial charge on any atom is -0.478 e. The summed E-state index contributed by atoms with van der Waals surface area (Å²) in [5.74, 6) is -0.462. The minimum absolute atomic E-state index is 0.157. The molecular formula is C12H15NO3S. The van der Waals surface area contributed by atoms with Crippen LogP contribution in [0.3, 0.4) is 0 Å². The minimum atomic E-state index is -1.02. The Morgan fingerprint density at radius 1 is 1.41 bits per heavy atom. The summed E-state index contributed by atoms with van der Waals surface area (Å²) in [5.41, 5.74) is 1.16. The first-order valence-electron chi connectivity index (χ1n) is 5.18. The molecule has 0 aromatic heterocycles. The van der Waals surface area contributed by atoms with Gasteiger partial charge in [-0.2, -0.15) is 11.8 Å². The SMILES string of the molecule is CSCCC(=O)Nc1cccc(C)c1C(=O)O. The van der Waals surface area contributed by atoms with E-state index >= 15 is 0 Å². The zero-order chi connectivity index (χ0) is 12.8. The normalized spacial score (nSPS) is 10.0. The number of hydrogen-bond acceptors (Lipinski definition) is 3. The molecule has 0 heterocycles. The number of nitrogens with one attached hydrogen (secondary N) is 1. The van der Waals surface area contributed by atoms with Crippen molar-refractivity contribution in [2.24, 2.45) is 0 Å². The van der Waals surface area contributed by atoms with Crippen LogP contribution in [0.25, 0.3) is 0 Å². The van der Waals surface area contributed by atoms with Crippen molar-refractivity contribution < 1.29 is 14.7 Å². The molecule has 17 heavy (non-hydrogen) atoms. The second kappa shape index (κ2) is 6.30. The van der Waals surface area contributed by atoms with Crippen molar-refractivity contribution in [1.82, 2.24) is 0 Å². The van der Waals surface area contributed by atoms with Gasteiger partial charge in [-0.1, -0.05) is 12.1 Å². The van der Waals surface area contributed by atoms with Crippen molar-refractivity contribution in [3.63, 3.8) is 0 Å². The van der Waals surface area contributed by atoms with Crippen LogP contribution in [0.4, 0.5) is 5.69 Å². The number of carbonyl (C=O) groups excluding carboxylic acids is 1. The lowest BCUT2D eigenvalue weighted by Crippen LogP contribution is -2.15. The van der Waals surface area contributed by atoms with E-state index < -0.39 is 5.97 Å². The zero-order valence-electron chi connectivity index (χ0n) is 9.82. The predicted octanol–water partition coefficient (Wildman–Crippen LogP) is 2.38. The number of thioether (sulfide) groups is 1. The molecule has 1 amide bonds. The van der Waals surface area contributed by atoms with Gasteiger partial charge in [0.25, 0.3) is 0 Å². The molecule has 1 rings (SSSR count). The lowest BCUT2D eigenvalue weighted by Gasteiger charge is -2.10. The Balaban J connectivity index is 2.87. The third kappa shape index (κ3) is 3.78. The Bertz CT molecular complexity index is 432. The van der Waals surface area contributed by atoms with Gasteiger partial charge in [0, 0.05) is 12.2 Å². The summed E-state index contributed by atoms with van der Waals surface area (Å²) in [7, 11) is 0. The maximum Gasteiger partial charge on any atom is 0.338 e. The van der Waals surface area contributed by atoms with Crippen molar-refractivity contribution in [2.45, 2.75) is 13.3 Å². The van der Waals surface area contributed by atoms with E-state index in [-0.39, 0.29) is 11.5 Å². The van der Waals surface area contributed by atoms with E-state index in [2.05, 4.69) is 5.32 Å². The van der Waals surface area contributed by atoms with Crippen LogP contribution in [0.15, 0.2) is 18.2 Å². The van der Waals surface area contributed by atoms with Crippen LogP contribution in [0.1, 0.15) is 22.3 Å². The first kappa shape index (κ1) is 13.6. The smallest absolute Gasteiger partial charge is 0.338 e. The summed E-state index contributed by atoms with van der Waals surface area (Å²) in [5, 5.41) is 11.7. The van der Waals surface area contributed by atoms with Crippen molar-refractivity contribution in [3.05, 3.63) is 29.3 Å². The fraction of sp³-hybridized carbons (Fsp3) is 0.333. The number of carbonyl (C=O) groups is 2. The van der Waals surface area contributed by atoms with E-state index in [1.165, 1.54) is 0 Å². The average molecular weight is 253 g/mol. The molecule has 0 aliphatic heterocycles. The molecule has 1 aromatic rings. The lowest BCUT2D eigenvalue weighted by atomic mass is 10.1.